The molecule has 6 N–H and O–H groups in total. The molecule has 6 rings (SSSR count). The van der Waals surface area contributed by atoms with E-state index in [-0.39, 0.29) is 65.6 Å². The van der Waals surface area contributed by atoms with Crippen LogP contribution < -0.4 is 31.3 Å². The van der Waals surface area contributed by atoms with Crippen molar-refractivity contribution >= 4 is 81.2 Å². The van der Waals surface area contributed by atoms with Gasteiger partial charge in [-0.3, -0.25) is 19.2 Å². The molecule has 4 aromatic heterocycles. The van der Waals surface area contributed by atoms with E-state index in [1.165, 1.54) is 35.0 Å². The molecule has 1 aliphatic heterocycles. The first kappa shape index (κ1) is 52.4. The number of urea groups is 1. The highest BCUT2D eigenvalue weighted by molar-refractivity contribution is 7.13. The Morgan fingerprint density at radius 1 is 0.928 bits per heavy atom. The van der Waals surface area contributed by atoms with Gasteiger partial charge in [-0.05, 0) is 56.2 Å². The molecule has 5 atom stereocenters. The van der Waals surface area contributed by atoms with E-state index in [0.717, 1.165) is 28.1 Å². The summed E-state index contributed by atoms with van der Waals surface area (Å²) in [5.41, 5.74) is 5.38. The number of thiazole rings is 1. The number of hydrogen-bond acceptors (Lipinski definition) is 13. The number of halogens is 2. The number of ether oxygens (including phenoxy) is 2. The first-order valence-electron chi connectivity index (χ1n) is 22.6. The van der Waals surface area contributed by atoms with Gasteiger partial charge in [0.25, 0.3) is 5.91 Å². The Bertz CT molecular complexity index is 2620. The van der Waals surface area contributed by atoms with E-state index in [9.17, 15) is 29.1 Å². The zero-order valence-corrected chi connectivity index (χ0v) is 41.9. The molecule has 19 nitrogen and oxygen atoms in total. The monoisotopic (exact) mass is 1010 g/mol. The van der Waals surface area contributed by atoms with E-state index in [1.54, 1.807) is 24.3 Å². The van der Waals surface area contributed by atoms with Crippen LogP contribution in [0.25, 0.3) is 16.1 Å². The summed E-state index contributed by atoms with van der Waals surface area (Å²) < 4.78 is 12.6. The minimum absolute atomic E-state index is 0.0224. The molecule has 22 heteroatoms. The molecular weight excluding hydrogens is 950 g/mol. The first-order valence-corrected chi connectivity index (χ1v) is 24.2. The largest absolute Gasteiger partial charge is 0.466 e. The van der Waals surface area contributed by atoms with Crippen LogP contribution in [0.1, 0.15) is 102 Å². The van der Waals surface area contributed by atoms with Crippen molar-refractivity contribution in [2.24, 2.45) is 5.41 Å². The third-order valence-corrected chi connectivity index (χ3v) is 13.0. The molecular formula is C47H59Cl2N11O8S. The minimum Gasteiger partial charge on any atom is -0.466 e. The predicted octanol–water partition coefficient (Wildman–Crippen LogP) is 7.03. The number of unbranched alkanes of at least 4 members (excludes halogenated alkanes) is 3. The van der Waals surface area contributed by atoms with Gasteiger partial charge in [0.1, 0.15) is 17.8 Å². The molecule has 1 fully saturated rings. The lowest BCUT2D eigenvalue weighted by Gasteiger charge is -2.35. The molecule has 5 aromatic rings. The minimum atomic E-state index is -0.935. The average Bonchev–Trinajstić information content (AvgIpc) is 4.03. The zero-order chi connectivity index (χ0) is 50.0. The number of aryl methyl sites for hydroxylation is 1. The summed E-state index contributed by atoms with van der Waals surface area (Å²) in [7, 11) is 1.52. The van der Waals surface area contributed by atoms with Crippen LogP contribution in [0.5, 0.6) is 5.88 Å². The molecule has 370 valence electrons. The number of likely N-dealkylation sites (tertiary alicyclic amines) is 1. The number of fused-ring (bicyclic) bond motifs is 1. The summed E-state index contributed by atoms with van der Waals surface area (Å²) in [5, 5.41) is 29.4. The Hall–Kier alpha value is -5.93. The summed E-state index contributed by atoms with van der Waals surface area (Å²) >= 11 is 13.8. The molecule has 0 unspecified atom stereocenters. The Kier molecular flexibility index (Phi) is 17.9. The SMILES string of the molecule is CO[C@@H](C)c1c(NC(=O)Nc2cc(Cl)cnc2OCC(=O)NCCCCCCC(=O)N[C@H](C(=O)N2C[C@H](O)C[C@H]2C(=O)N[C@@H](C)c2ccc(-c3scnc3C)cc2)C(C)(C)C)cnc2cc(Cl)nn12. The van der Waals surface area contributed by atoms with Crippen molar-refractivity contribution < 1.29 is 38.6 Å². The van der Waals surface area contributed by atoms with Crippen LogP contribution in [0.4, 0.5) is 16.2 Å². The Labute approximate surface area is 414 Å². The number of pyridine rings is 1. The van der Waals surface area contributed by atoms with Crippen LogP contribution >= 0.6 is 34.5 Å². The maximum Gasteiger partial charge on any atom is 0.323 e. The first-order chi connectivity index (χ1) is 32.8. The fourth-order valence-electron chi connectivity index (χ4n) is 7.86. The molecule has 0 saturated carbocycles. The van der Waals surface area contributed by atoms with Crippen molar-refractivity contribution in [1.82, 2.24) is 45.4 Å². The number of rotatable bonds is 20. The summed E-state index contributed by atoms with van der Waals surface area (Å²) in [6.45, 7) is 11.1. The van der Waals surface area contributed by atoms with Gasteiger partial charge in [0.05, 0.1) is 56.9 Å². The standard InChI is InChI=1S/C47H59Cl2N11O8S/c1-26(29-13-15-30(16-14-29)41-27(2)53-25-69-41)54-43(64)35-19-32(61)23-59(35)45(65)42(47(4,5)6)57-38(62)12-10-8-9-11-17-50-39(63)24-68-44-33(18-31(48)21-52-44)55-46(66)56-34-22-51-37-20-36(49)58-60(37)40(34)28(3)67-7/h13-16,18,20-22,25-26,28,32,35,42,61H,8-12,17,19,23-24H2,1-7H3,(H,50,63)(H,54,64)(H,57,62)(H2,55,56,66)/t26-,28-,32+,35-,42+/m0/s1. The van der Waals surface area contributed by atoms with Crippen molar-refractivity contribution in [3.8, 4) is 16.3 Å². The Morgan fingerprint density at radius 3 is 2.35 bits per heavy atom. The number of methoxy groups -OCH3 is 1. The number of anilines is 2. The van der Waals surface area contributed by atoms with Crippen molar-refractivity contribution in [3.63, 3.8) is 0 Å². The van der Waals surface area contributed by atoms with Gasteiger partial charge in [0, 0.05) is 45.3 Å². The van der Waals surface area contributed by atoms with Crippen LogP contribution in [0, 0.1) is 12.3 Å². The number of benzene rings is 1. The van der Waals surface area contributed by atoms with Crippen LogP contribution in [0.3, 0.4) is 0 Å². The van der Waals surface area contributed by atoms with E-state index in [2.05, 4.69) is 46.6 Å². The summed E-state index contributed by atoms with van der Waals surface area (Å²) in [6.07, 6.45) is 4.24. The van der Waals surface area contributed by atoms with Crippen molar-refractivity contribution in [3.05, 3.63) is 81.4 Å². The number of amides is 6. The number of carbonyl (C=O) groups excluding carboxylic acids is 5. The van der Waals surface area contributed by atoms with Gasteiger partial charge in [0.2, 0.25) is 23.6 Å². The van der Waals surface area contributed by atoms with Gasteiger partial charge < -0.3 is 46.1 Å². The zero-order valence-electron chi connectivity index (χ0n) is 39.6. The highest BCUT2D eigenvalue weighted by Gasteiger charge is 2.44. The molecule has 0 bridgehead atoms. The number of aromatic nitrogens is 5. The highest BCUT2D eigenvalue weighted by atomic mass is 35.5. The number of β-amino-alcohol motifs (C(OH)–C–C–N with tert-alkyl or cyclic N) is 1. The molecule has 0 aliphatic carbocycles. The topological polar surface area (TPSA) is 243 Å². The normalized spacial score (nSPS) is 16.1. The van der Waals surface area contributed by atoms with E-state index >= 15 is 0 Å². The van der Waals surface area contributed by atoms with E-state index < -0.39 is 47.6 Å². The Balaban J connectivity index is 0.912. The number of nitrogens with one attached hydrogen (secondary N) is 5. The van der Waals surface area contributed by atoms with Crippen LogP contribution in [0.2, 0.25) is 10.2 Å². The second-order valence-corrected chi connectivity index (χ2v) is 19.6. The summed E-state index contributed by atoms with van der Waals surface area (Å²) in [4.78, 5) is 82.1. The lowest BCUT2D eigenvalue weighted by molar-refractivity contribution is -0.144. The average molecular weight is 1010 g/mol. The number of aliphatic hydroxyl groups is 1. The molecule has 0 radical (unpaired) electrons. The lowest BCUT2D eigenvalue weighted by Crippen LogP contribution is -2.57. The van der Waals surface area contributed by atoms with Crippen molar-refractivity contribution in [1.29, 1.82) is 0 Å². The van der Waals surface area contributed by atoms with E-state index in [0.29, 0.717) is 42.8 Å². The molecule has 69 heavy (non-hydrogen) atoms. The summed E-state index contributed by atoms with van der Waals surface area (Å²) in [6, 6.07) is 8.03. The molecule has 1 aromatic carbocycles. The number of hydrogen-bond donors (Lipinski definition) is 6. The second kappa shape index (κ2) is 23.6. The van der Waals surface area contributed by atoms with Gasteiger partial charge in [0.15, 0.2) is 17.4 Å². The molecule has 1 saturated heterocycles. The van der Waals surface area contributed by atoms with E-state index in [1.807, 2.05) is 64.4 Å². The maximum absolute atomic E-state index is 14.1. The van der Waals surface area contributed by atoms with Gasteiger partial charge in [-0.1, -0.05) is 81.1 Å². The number of aliphatic hydroxyl groups excluding tert-OH is 1. The molecule has 5 heterocycles. The molecule has 6 amide bonds. The number of nitrogens with zero attached hydrogens (tertiary/aromatic N) is 6. The fourth-order valence-corrected chi connectivity index (χ4v) is 9.00. The van der Waals surface area contributed by atoms with Gasteiger partial charge in [-0.2, -0.15) is 5.10 Å². The third kappa shape index (κ3) is 13.9. The second-order valence-electron chi connectivity index (χ2n) is 17.9. The molecule has 1 aliphatic rings. The van der Waals surface area contributed by atoms with Crippen molar-refractivity contribution in [2.75, 3.05) is 37.4 Å². The number of carbonyl (C=O) groups is 5. The van der Waals surface area contributed by atoms with Gasteiger partial charge >= 0.3 is 6.03 Å². The van der Waals surface area contributed by atoms with Crippen LogP contribution in [-0.2, 0) is 23.9 Å². The highest BCUT2D eigenvalue weighted by Crippen LogP contribution is 2.31. The Morgan fingerprint density at radius 2 is 1.65 bits per heavy atom. The van der Waals surface area contributed by atoms with Crippen LogP contribution in [0.15, 0.2) is 54.3 Å². The quantitative estimate of drug-likeness (QED) is 0.0431. The summed E-state index contributed by atoms with van der Waals surface area (Å²) in [5.74, 6) is -1.55. The third-order valence-electron chi connectivity index (χ3n) is 11.6. The maximum atomic E-state index is 14.1. The van der Waals surface area contributed by atoms with Crippen molar-refractivity contribution in [2.45, 2.75) is 110 Å². The molecule has 0 spiro atoms. The smallest absolute Gasteiger partial charge is 0.323 e. The fraction of sp³-hybridized carbons (Fsp3) is 0.468. The predicted molar refractivity (Wildman–Crippen MR) is 263 cm³/mol. The van der Waals surface area contributed by atoms with Crippen LogP contribution in [-0.4, -0.2) is 109 Å². The van der Waals surface area contributed by atoms with Gasteiger partial charge in [-0.15, -0.1) is 11.3 Å². The lowest BCUT2D eigenvalue weighted by atomic mass is 9.85. The van der Waals surface area contributed by atoms with E-state index in [4.69, 9.17) is 32.7 Å². The van der Waals surface area contributed by atoms with Gasteiger partial charge in [-0.25, -0.2) is 24.3 Å².